The molecule has 0 atom stereocenters. The molecular weight excluding hydrogens is 275 g/mol. The lowest BCUT2D eigenvalue weighted by Crippen LogP contribution is -2.17. The van der Waals surface area contributed by atoms with Crippen molar-refractivity contribution in [3.05, 3.63) is 70.3 Å². The molecule has 0 fully saturated rings. The van der Waals surface area contributed by atoms with Crippen LogP contribution in [0.5, 0.6) is 0 Å². The minimum Gasteiger partial charge on any atom is -0.309 e. The summed E-state index contributed by atoms with van der Waals surface area (Å²) in [5.41, 5.74) is 3.09. The highest BCUT2D eigenvalue weighted by Crippen LogP contribution is 2.31. The molecule has 0 spiro atoms. The van der Waals surface area contributed by atoms with Gasteiger partial charge in [-0.25, -0.2) is 0 Å². The SMILES string of the molecule is Cc1cc(C)cc(CNCc2ccccc2C(F)(F)F)c1. The molecule has 1 N–H and O–H groups in total. The van der Waals surface area contributed by atoms with Gasteiger partial charge in [0.05, 0.1) is 5.56 Å². The van der Waals surface area contributed by atoms with Crippen LogP contribution in [0.25, 0.3) is 0 Å². The van der Waals surface area contributed by atoms with E-state index in [1.165, 1.54) is 12.1 Å². The molecule has 2 aromatic rings. The zero-order valence-electron chi connectivity index (χ0n) is 12.1. The third-order valence-corrected chi connectivity index (χ3v) is 3.25. The van der Waals surface area contributed by atoms with Gasteiger partial charge in [-0.3, -0.25) is 0 Å². The summed E-state index contributed by atoms with van der Waals surface area (Å²) in [5, 5.41) is 3.08. The average molecular weight is 293 g/mol. The Morgan fingerprint density at radius 2 is 1.52 bits per heavy atom. The molecule has 0 aliphatic rings. The van der Waals surface area contributed by atoms with Crippen LogP contribution in [0.3, 0.4) is 0 Å². The van der Waals surface area contributed by atoms with Gasteiger partial charge >= 0.3 is 6.18 Å². The van der Waals surface area contributed by atoms with E-state index in [0.717, 1.165) is 22.8 Å². The van der Waals surface area contributed by atoms with E-state index in [-0.39, 0.29) is 12.1 Å². The average Bonchev–Trinajstić information content (AvgIpc) is 2.37. The molecular formula is C17H18F3N. The Labute approximate surface area is 122 Å². The fourth-order valence-corrected chi connectivity index (χ4v) is 2.46. The molecule has 2 aromatic carbocycles. The lowest BCUT2D eigenvalue weighted by atomic mass is 10.1. The Hall–Kier alpha value is -1.81. The van der Waals surface area contributed by atoms with Crippen LogP contribution in [-0.4, -0.2) is 0 Å². The minimum atomic E-state index is -4.31. The molecule has 1 nitrogen and oxygen atoms in total. The van der Waals surface area contributed by atoms with Gasteiger partial charge < -0.3 is 5.32 Å². The first-order valence-corrected chi connectivity index (χ1v) is 6.79. The van der Waals surface area contributed by atoms with Crippen LogP contribution < -0.4 is 5.32 Å². The number of alkyl halides is 3. The summed E-state index contributed by atoms with van der Waals surface area (Å²) < 4.78 is 38.6. The topological polar surface area (TPSA) is 12.0 Å². The van der Waals surface area contributed by atoms with Crippen molar-refractivity contribution in [3.8, 4) is 0 Å². The van der Waals surface area contributed by atoms with Crippen molar-refractivity contribution in [1.82, 2.24) is 5.32 Å². The maximum atomic E-state index is 12.9. The van der Waals surface area contributed by atoms with Crippen LogP contribution in [0.15, 0.2) is 42.5 Å². The smallest absolute Gasteiger partial charge is 0.309 e. The van der Waals surface area contributed by atoms with Gasteiger partial charge in [-0.1, -0.05) is 47.5 Å². The van der Waals surface area contributed by atoms with Gasteiger partial charge in [-0.15, -0.1) is 0 Å². The monoisotopic (exact) mass is 293 g/mol. The number of halogens is 3. The molecule has 0 saturated carbocycles. The van der Waals surface area contributed by atoms with E-state index in [1.807, 2.05) is 26.0 Å². The van der Waals surface area contributed by atoms with Crippen molar-refractivity contribution in [1.29, 1.82) is 0 Å². The largest absolute Gasteiger partial charge is 0.416 e. The summed E-state index contributed by atoms with van der Waals surface area (Å²) in [5.74, 6) is 0. The molecule has 0 radical (unpaired) electrons. The predicted molar refractivity (Wildman–Crippen MR) is 77.9 cm³/mol. The molecule has 0 aliphatic heterocycles. The lowest BCUT2D eigenvalue weighted by Gasteiger charge is -2.13. The zero-order valence-corrected chi connectivity index (χ0v) is 12.1. The van der Waals surface area contributed by atoms with Crippen molar-refractivity contribution in [2.45, 2.75) is 33.1 Å². The standard InChI is InChI=1S/C17H18F3N/c1-12-7-13(2)9-14(8-12)10-21-11-15-5-3-4-6-16(15)17(18,19)20/h3-9,21H,10-11H2,1-2H3. The van der Waals surface area contributed by atoms with E-state index in [2.05, 4.69) is 11.4 Å². The van der Waals surface area contributed by atoms with Gasteiger partial charge in [0.2, 0.25) is 0 Å². The van der Waals surface area contributed by atoms with Crippen LogP contribution in [0.1, 0.15) is 27.8 Å². The fraction of sp³-hybridized carbons (Fsp3) is 0.294. The second kappa shape index (κ2) is 6.31. The van der Waals surface area contributed by atoms with E-state index < -0.39 is 11.7 Å². The molecule has 0 amide bonds. The number of hydrogen-bond acceptors (Lipinski definition) is 1. The highest BCUT2D eigenvalue weighted by atomic mass is 19.4. The molecule has 2 rings (SSSR count). The van der Waals surface area contributed by atoms with Crippen LogP contribution >= 0.6 is 0 Å². The molecule has 0 bridgehead atoms. The Morgan fingerprint density at radius 1 is 0.905 bits per heavy atom. The van der Waals surface area contributed by atoms with E-state index in [0.29, 0.717) is 6.54 Å². The van der Waals surface area contributed by atoms with E-state index in [9.17, 15) is 13.2 Å². The second-order valence-corrected chi connectivity index (χ2v) is 5.25. The quantitative estimate of drug-likeness (QED) is 0.868. The maximum absolute atomic E-state index is 12.9. The number of nitrogens with one attached hydrogen (secondary N) is 1. The molecule has 0 unspecified atom stereocenters. The first kappa shape index (κ1) is 15.6. The first-order valence-electron chi connectivity index (χ1n) is 6.79. The number of hydrogen-bond donors (Lipinski definition) is 1. The van der Waals surface area contributed by atoms with Crippen molar-refractivity contribution in [3.63, 3.8) is 0 Å². The summed E-state index contributed by atoms with van der Waals surface area (Å²) in [6.45, 7) is 4.77. The maximum Gasteiger partial charge on any atom is 0.416 e. The second-order valence-electron chi connectivity index (χ2n) is 5.25. The van der Waals surface area contributed by atoms with Crippen LogP contribution in [-0.2, 0) is 19.3 Å². The summed E-state index contributed by atoms with van der Waals surface area (Å²) in [7, 11) is 0. The fourth-order valence-electron chi connectivity index (χ4n) is 2.46. The van der Waals surface area contributed by atoms with E-state index in [4.69, 9.17) is 0 Å². The molecule has 0 saturated heterocycles. The zero-order chi connectivity index (χ0) is 15.5. The third kappa shape index (κ3) is 4.33. The highest BCUT2D eigenvalue weighted by Gasteiger charge is 2.32. The van der Waals surface area contributed by atoms with E-state index in [1.54, 1.807) is 6.07 Å². The molecule has 112 valence electrons. The molecule has 4 heteroatoms. The Kier molecular flexibility index (Phi) is 4.68. The van der Waals surface area contributed by atoms with Gasteiger partial charge in [0, 0.05) is 13.1 Å². The van der Waals surface area contributed by atoms with Crippen LogP contribution in [0, 0.1) is 13.8 Å². The number of rotatable bonds is 4. The molecule has 0 heterocycles. The van der Waals surface area contributed by atoms with Crippen LogP contribution in [0.4, 0.5) is 13.2 Å². The number of aryl methyl sites for hydroxylation is 2. The first-order chi connectivity index (χ1) is 9.86. The molecule has 0 aromatic heterocycles. The molecule has 0 aliphatic carbocycles. The van der Waals surface area contributed by atoms with Gasteiger partial charge in [-0.05, 0) is 31.0 Å². The summed E-state index contributed by atoms with van der Waals surface area (Å²) in [6, 6.07) is 11.8. The van der Waals surface area contributed by atoms with Crippen molar-refractivity contribution in [2.24, 2.45) is 0 Å². The van der Waals surface area contributed by atoms with Crippen LogP contribution in [0.2, 0.25) is 0 Å². The van der Waals surface area contributed by atoms with Crippen molar-refractivity contribution in [2.75, 3.05) is 0 Å². The summed E-state index contributed by atoms with van der Waals surface area (Å²) >= 11 is 0. The highest BCUT2D eigenvalue weighted by molar-refractivity contribution is 5.30. The number of benzene rings is 2. The van der Waals surface area contributed by atoms with Gasteiger partial charge in [0.15, 0.2) is 0 Å². The summed E-state index contributed by atoms with van der Waals surface area (Å²) in [4.78, 5) is 0. The van der Waals surface area contributed by atoms with E-state index >= 15 is 0 Å². The van der Waals surface area contributed by atoms with Crippen molar-refractivity contribution < 1.29 is 13.2 Å². The normalized spacial score (nSPS) is 11.7. The van der Waals surface area contributed by atoms with Gasteiger partial charge in [0.25, 0.3) is 0 Å². The third-order valence-electron chi connectivity index (χ3n) is 3.25. The Bertz CT molecular complexity index is 597. The Balaban J connectivity index is 2.04. The summed E-state index contributed by atoms with van der Waals surface area (Å²) in [6.07, 6.45) is -4.31. The lowest BCUT2D eigenvalue weighted by molar-refractivity contribution is -0.138. The van der Waals surface area contributed by atoms with Gasteiger partial charge in [-0.2, -0.15) is 13.2 Å². The van der Waals surface area contributed by atoms with Gasteiger partial charge in [0.1, 0.15) is 0 Å². The Morgan fingerprint density at radius 3 is 2.14 bits per heavy atom. The minimum absolute atomic E-state index is 0.197. The predicted octanol–water partition coefficient (Wildman–Crippen LogP) is 4.61. The van der Waals surface area contributed by atoms with Crippen molar-refractivity contribution >= 4 is 0 Å². The molecule has 21 heavy (non-hydrogen) atoms.